The Morgan fingerprint density at radius 3 is 2.11 bits per heavy atom. The Labute approximate surface area is 114 Å². The predicted octanol–water partition coefficient (Wildman–Crippen LogP) is 1.58. The van der Waals surface area contributed by atoms with Crippen molar-refractivity contribution in [3.8, 4) is 0 Å². The number of hydrogen-bond acceptors (Lipinski definition) is 5. The van der Waals surface area contributed by atoms with Crippen molar-refractivity contribution in [2.45, 2.75) is 65.3 Å². The number of carbonyl (C=O) groups is 2. The van der Waals surface area contributed by atoms with E-state index >= 15 is 0 Å². The summed E-state index contributed by atoms with van der Waals surface area (Å²) in [4.78, 5) is 32.9. The van der Waals surface area contributed by atoms with Crippen LogP contribution in [0.3, 0.4) is 0 Å². The van der Waals surface area contributed by atoms with E-state index in [1.54, 1.807) is 20.8 Å². The summed E-state index contributed by atoms with van der Waals surface area (Å²) < 4.78 is 5.11. The summed E-state index contributed by atoms with van der Waals surface area (Å²) in [6, 6.07) is 0. The molecule has 0 aliphatic heterocycles. The average Bonchev–Trinajstić information content (AvgIpc) is 2.22. The summed E-state index contributed by atoms with van der Waals surface area (Å²) in [5.41, 5.74) is -1.22. The maximum absolute atomic E-state index is 11.4. The molecule has 112 valence electrons. The smallest absolute Gasteiger partial charge is 0.397 e. The first-order valence-corrected chi connectivity index (χ1v) is 6.26. The van der Waals surface area contributed by atoms with Gasteiger partial charge in [0.15, 0.2) is 0 Å². The highest BCUT2D eigenvalue weighted by Crippen LogP contribution is 2.20. The van der Waals surface area contributed by atoms with E-state index < -0.39 is 23.1 Å². The molecule has 6 heteroatoms. The standard InChI is InChI=1S/C13H25NO5/c1-9(18-19-12(2,3)4)8-13(5,6)17-11(16)10(15)14-7/h9H,8H2,1-7H3,(H,14,15). The second-order valence-corrected chi connectivity index (χ2v) is 6.04. The van der Waals surface area contributed by atoms with Gasteiger partial charge in [0, 0.05) is 13.5 Å². The minimum absolute atomic E-state index is 0.272. The highest BCUT2D eigenvalue weighted by Gasteiger charge is 2.29. The molecule has 1 atom stereocenters. The molecule has 0 aromatic rings. The molecule has 1 unspecified atom stereocenters. The van der Waals surface area contributed by atoms with Gasteiger partial charge in [-0.3, -0.25) is 4.79 Å². The zero-order chi connectivity index (χ0) is 15.3. The van der Waals surface area contributed by atoms with Crippen LogP contribution in [0.2, 0.25) is 0 Å². The van der Waals surface area contributed by atoms with Crippen LogP contribution in [-0.2, 0) is 24.1 Å². The molecular formula is C13H25NO5. The topological polar surface area (TPSA) is 73.9 Å². The Balaban J connectivity index is 4.28. The number of likely N-dealkylation sites (N-methyl/N-ethyl adjacent to an activating group) is 1. The van der Waals surface area contributed by atoms with Crippen LogP contribution in [0.25, 0.3) is 0 Å². The number of rotatable bonds is 5. The average molecular weight is 275 g/mol. The van der Waals surface area contributed by atoms with Crippen LogP contribution >= 0.6 is 0 Å². The molecular weight excluding hydrogens is 250 g/mol. The summed E-state index contributed by atoms with van der Waals surface area (Å²) in [5, 5.41) is 2.22. The van der Waals surface area contributed by atoms with Crippen molar-refractivity contribution < 1.29 is 24.1 Å². The highest BCUT2D eigenvalue weighted by atomic mass is 17.2. The van der Waals surface area contributed by atoms with Gasteiger partial charge in [0.1, 0.15) is 5.60 Å². The summed E-state index contributed by atoms with van der Waals surface area (Å²) in [6.07, 6.45) is 0.137. The van der Waals surface area contributed by atoms with Gasteiger partial charge in [0.2, 0.25) is 0 Å². The molecule has 1 N–H and O–H groups in total. The van der Waals surface area contributed by atoms with Crippen LogP contribution in [0, 0.1) is 0 Å². The summed E-state index contributed by atoms with van der Waals surface area (Å²) in [6.45, 7) is 10.8. The summed E-state index contributed by atoms with van der Waals surface area (Å²) >= 11 is 0. The van der Waals surface area contributed by atoms with E-state index in [1.165, 1.54) is 7.05 Å². The van der Waals surface area contributed by atoms with E-state index in [0.29, 0.717) is 6.42 Å². The quantitative estimate of drug-likeness (QED) is 0.357. The van der Waals surface area contributed by atoms with Crippen molar-refractivity contribution in [1.29, 1.82) is 0 Å². The van der Waals surface area contributed by atoms with Gasteiger partial charge in [0.05, 0.1) is 11.7 Å². The lowest BCUT2D eigenvalue weighted by Gasteiger charge is -2.28. The molecule has 0 aromatic heterocycles. The molecule has 0 aliphatic carbocycles. The molecule has 0 heterocycles. The zero-order valence-electron chi connectivity index (χ0n) is 12.8. The van der Waals surface area contributed by atoms with E-state index in [9.17, 15) is 9.59 Å². The first kappa shape index (κ1) is 17.9. The number of amides is 1. The van der Waals surface area contributed by atoms with Crippen molar-refractivity contribution in [3.63, 3.8) is 0 Å². The molecule has 6 nitrogen and oxygen atoms in total. The van der Waals surface area contributed by atoms with Crippen molar-refractivity contribution in [3.05, 3.63) is 0 Å². The van der Waals surface area contributed by atoms with Crippen molar-refractivity contribution in [2.75, 3.05) is 7.05 Å². The normalized spacial score (nSPS) is 13.8. The minimum Gasteiger partial charge on any atom is -0.452 e. The van der Waals surface area contributed by atoms with Crippen LogP contribution in [0.15, 0.2) is 0 Å². The van der Waals surface area contributed by atoms with Crippen LogP contribution in [0.4, 0.5) is 0 Å². The van der Waals surface area contributed by atoms with E-state index in [1.807, 2.05) is 20.8 Å². The van der Waals surface area contributed by atoms with E-state index in [4.69, 9.17) is 14.5 Å². The lowest BCUT2D eigenvalue weighted by Crippen LogP contribution is -2.39. The molecule has 0 spiro atoms. The van der Waals surface area contributed by atoms with Gasteiger partial charge in [-0.15, -0.1) is 0 Å². The van der Waals surface area contributed by atoms with Crippen LogP contribution < -0.4 is 5.32 Å². The third-order valence-electron chi connectivity index (χ3n) is 2.02. The summed E-state index contributed by atoms with van der Waals surface area (Å²) in [7, 11) is 1.37. The lowest BCUT2D eigenvalue weighted by atomic mass is 10.0. The first-order valence-electron chi connectivity index (χ1n) is 6.26. The van der Waals surface area contributed by atoms with Crippen LogP contribution in [-0.4, -0.2) is 36.2 Å². The molecule has 0 saturated carbocycles. The Morgan fingerprint density at radius 1 is 1.16 bits per heavy atom. The van der Waals surface area contributed by atoms with Crippen LogP contribution in [0.1, 0.15) is 48.0 Å². The molecule has 0 radical (unpaired) electrons. The van der Waals surface area contributed by atoms with Gasteiger partial charge < -0.3 is 10.1 Å². The second kappa shape index (κ2) is 6.86. The van der Waals surface area contributed by atoms with Crippen molar-refractivity contribution >= 4 is 11.9 Å². The monoisotopic (exact) mass is 275 g/mol. The van der Waals surface area contributed by atoms with E-state index in [0.717, 1.165) is 0 Å². The van der Waals surface area contributed by atoms with E-state index in [2.05, 4.69) is 5.32 Å². The predicted molar refractivity (Wildman–Crippen MR) is 70.2 cm³/mol. The Bertz CT molecular complexity index is 319. The second-order valence-electron chi connectivity index (χ2n) is 6.04. The molecule has 0 saturated heterocycles. The largest absolute Gasteiger partial charge is 0.452 e. The maximum atomic E-state index is 11.4. The van der Waals surface area contributed by atoms with Gasteiger partial charge in [-0.1, -0.05) is 0 Å². The third-order valence-corrected chi connectivity index (χ3v) is 2.02. The fourth-order valence-corrected chi connectivity index (χ4v) is 1.39. The number of nitrogens with one attached hydrogen (secondary N) is 1. The van der Waals surface area contributed by atoms with Gasteiger partial charge in [0.25, 0.3) is 0 Å². The number of ether oxygens (including phenoxy) is 1. The van der Waals surface area contributed by atoms with E-state index in [-0.39, 0.29) is 6.10 Å². The van der Waals surface area contributed by atoms with Crippen molar-refractivity contribution in [1.82, 2.24) is 5.32 Å². The Hall–Kier alpha value is -1.14. The van der Waals surface area contributed by atoms with Gasteiger partial charge in [-0.05, 0) is 41.5 Å². The minimum atomic E-state index is -0.906. The summed E-state index contributed by atoms with van der Waals surface area (Å²) in [5.74, 6) is -1.68. The zero-order valence-corrected chi connectivity index (χ0v) is 12.8. The number of esters is 1. The van der Waals surface area contributed by atoms with Gasteiger partial charge in [-0.2, -0.15) is 0 Å². The first-order chi connectivity index (χ1) is 8.47. The van der Waals surface area contributed by atoms with Crippen LogP contribution in [0.5, 0.6) is 0 Å². The SMILES string of the molecule is CNC(=O)C(=O)OC(C)(C)CC(C)OOC(C)(C)C. The molecule has 0 aliphatic rings. The maximum Gasteiger partial charge on any atom is 0.397 e. The molecule has 19 heavy (non-hydrogen) atoms. The number of carbonyl (C=O) groups excluding carboxylic acids is 2. The number of hydrogen-bond donors (Lipinski definition) is 1. The fraction of sp³-hybridized carbons (Fsp3) is 0.846. The molecule has 0 rings (SSSR count). The third kappa shape index (κ3) is 8.56. The molecule has 1 amide bonds. The molecule has 0 bridgehead atoms. The Kier molecular flexibility index (Phi) is 6.45. The highest BCUT2D eigenvalue weighted by molar-refractivity contribution is 6.32. The fourth-order valence-electron chi connectivity index (χ4n) is 1.39. The Morgan fingerprint density at radius 2 is 1.68 bits per heavy atom. The molecule has 0 aromatic carbocycles. The molecule has 0 fully saturated rings. The van der Waals surface area contributed by atoms with Crippen molar-refractivity contribution in [2.24, 2.45) is 0 Å². The van der Waals surface area contributed by atoms with Gasteiger partial charge in [-0.25, -0.2) is 14.6 Å². The van der Waals surface area contributed by atoms with Gasteiger partial charge >= 0.3 is 11.9 Å². The lowest BCUT2D eigenvalue weighted by molar-refractivity contribution is -0.373.